The number of benzene rings is 1. The van der Waals surface area contributed by atoms with Crippen molar-refractivity contribution in [1.82, 2.24) is 24.7 Å². The smallest absolute Gasteiger partial charge is 0.309 e. The van der Waals surface area contributed by atoms with E-state index in [4.69, 9.17) is 14.6 Å². The summed E-state index contributed by atoms with van der Waals surface area (Å²) in [6.07, 6.45) is 2.93. The summed E-state index contributed by atoms with van der Waals surface area (Å²) in [5.41, 5.74) is 1.59. The monoisotopic (exact) mass is 492 g/mol. The average Bonchev–Trinajstić information content (AvgIpc) is 3.36. The Bertz CT molecular complexity index is 1210. The van der Waals surface area contributed by atoms with E-state index < -0.39 is 0 Å². The zero-order chi connectivity index (χ0) is 25.1. The van der Waals surface area contributed by atoms with Gasteiger partial charge in [0.05, 0.1) is 19.6 Å². The van der Waals surface area contributed by atoms with Crippen LogP contribution in [-0.2, 0) is 14.3 Å². The van der Waals surface area contributed by atoms with Crippen LogP contribution < -0.4 is 9.64 Å². The summed E-state index contributed by atoms with van der Waals surface area (Å²) in [5, 5.41) is 13.4. The highest BCUT2D eigenvalue weighted by atomic mass is 16.5. The Kier molecular flexibility index (Phi) is 7.02. The van der Waals surface area contributed by atoms with Gasteiger partial charge in [0, 0.05) is 37.7 Å². The van der Waals surface area contributed by atoms with Gasteiger partial charge in [-0.2, -0.15) is 4.52 Å². The first kappa shape index (κ1) is 24.0. The first-order valence-electron chi connectivity index (χ1n) is 12.6. The Morgan fingerprint density at radius 2 is 1.61 bits per heavy atom. The van der Waals surface area contributed by atoms with Crippen LogP contribution in [0, 0.1) is 11.8 Å². The molecular weight excluding hydrogens is 460 g/mol. The molecule has 4 heterocycles. The molecule has 1 amide bonds. The van der Waals surface area contributed by atoms with Crippen molar-refractivity contribution in [2.45, 2.75) is 32.6 Å². The average molecular weight is 493 g/mol. The standard InChI is InChI=1S/C26H32N6O4/c1-3-36-26(34)20-12-16-31(17-13-20)25(33)19-10-14-30(15-11-19)23-9-8-22-27-28-24(32(22)29-23)18-4-6-21(35-2)7-5-18/h4-9,19-20H,3,10-17H2,1-2H3. The van der Waals surface area contributed by atoms with Gasteiger partial charge in [-0.15, -0.1) is 15.3 Å². The summed E-state index contributed by atoms with van der Waals surface area (Å²) in [6.45, 7) is 4.99. The predicted octanol–water partition coefficient (Wildman–Crippen LogP) is 2.82. The van der Waals surface area contributed by atoms with Gasteiger partial charge in [-0.3, -0.25) is 9.59 Å². The Labute approximate surface area is 210 Å². The lowest BCUT2D eigenvalue weighted by molar-refractivity contribution is -0.151. The van der Waals surface area contributed by atoms with E-state index in [1.165, 1.54) is 0 Å². The Morgan fingerprint density at radius 1 is 0.917 bits per heavy atom. The van der Waals surface area contributed by atoms with Gasteiger partial charge in [-0.1, -0.05) is 0 Å². The van der Waals surface area contributed by atoms with Gasteiger partial charge in [0.1, 0.15) is 11.6 Å². The van der Waals surface area contributed by atoms with Crippen molar-refractivity contribution >= 4 is 23.3 Å². The molecule has 36 heavy (non-hydrogen) atoms. The van der Waals surface area contributed by atoms with Crippen molar-refractivity contribution in [1.29, 1.82) is 0 Å². The summed E-state index contributed by atoms with van der Waals surface area (Å²) in [4.78, 5) is 29.3. The van der Waals surface area contributed by atoms with Crippen LogP contribution in [0.3, 0.4) is 0 Å². The van der Waals surface area contributed by atoms with Gasteiger partial charge in [-0.25, -0.2) is 0 Å². The quantitative estimate of drug-likeness (QED) is 0.484. The SMILES string of the molecule is CCOC(=O)C1CCN(C(=O)C2CCN(c3ccc4nnc(-c5ccc(OC)cc5)n4n3)CC2)CC1. The number of anilines is 1. The van der Waals surface area contributed by atoms with Crippen LogP contribution in [0.25, 0.3) is 17.0 Å². The normalized spacial score (nSPS) is 17.4. The van der Waals surface area contributed by atoms with Gasteiger partial charge in [-0.05, 0) is 69.0 Å². The van der Waals surface area contributed by atoms with Crippen LogP contribution in [-0.4, -0.2) is 76.5 Å². The van der Waals surface area contributed by atoms with Crippen molar-refractivity contribution < 1.29 is 19.1 Å². The number of fused-ring (bicyclic) bond motifs is 1. The Morgan fingerprint density at radius 3 is 2.28 bits per heavy atom. The first-order chi connectivity index (χ1) is 17.6. The lowest BCUT2D eigenvalue weighted by atomic mass is 9.92. The molecule has 2 fully saturated rings. The number of nitrogens with zero attached hydrogens (tertiary/aromatic N) is 6. The number of piperidine rings is 2. The number of hydrogen-bond donors (Lipinski definition) is 0. The molecule has 0 aliphatic carbocycles. The number of amides is 1. The van der Waals surface area contributed by atoms with Crippen LogP contribution in [0.2, 0.25) is 0 Å². The van der Waals surface area contributed by atoms with Crippen molar-refractivity contribution in [2.24, 2.45) is 11.8 Å². The Balaban J connectivity index is 1.21. The molecule has 0 radical (unpaired) electrons. The largest absolute Gasteiger partial charge is 0.497 e. The molecule has 0 atom stereocenters. The molecule has 5 rings (SSSR count). The highest BCUT2D eigenvalue weighted by Crippen LogP contribution is 2.27. The number of carbonyl (C=O) groups excluding carboxylic acids is 2. The van der Waals surface area contributed by atoms with E-state index in [1.54, 1.807) is 11.6 Å². The summed E-state index contributed by atoms with van der Waals surface area (Å²) in [7, 11) is 1.64. The van der Waals surface area contributed by atoms with Crippen LogP contribution in [0.15, 0.2) is 36.4 Å². The van der Waals surface area contributed by atoms with Crippen molar-refractivity contribution in [3.63, 3.8) is 0 Å². The third-order valence-corrected chi connectivity index (χ3v) is 7.19. The molecule has 3 aromatic rings. The molecule has 2 aliphatic rings. The molecule has 2 aromatic heterocycles. The fourth-order valence-electron chi connectivity index (χ4n) is 5.08. The van der Waals surface area contributed by atoms with Gasteiger partial charge in [0.2, 0.25) is 5.91 Å². The highest BCUT2D eigenvalue weighted by Gasteiger charge is 2.33. The van der Waals surface area contributed by atoms with Crippen LogP contribution in [0.1, 0.15) is 32.6 Å². The van der Waals surface area contributed by atoms with E-state index >= 15 is 0 Å². The van der Waals surface area contributed by atoms with Crippen molar-refractivity contribution in [3.05, 3.63) is 36.4 Å². The number of methoxy groups -OCH3 is 1. The number of carbonyl (C=O) groups is 2. The summed E-state index contributed by atoms with van der Waals surface area (Å²) in [6, 6.07) is 11.5. The summed E-state index contributed by atoms with van der Waals surface area (Å²) >= 11 is 0. The first-order valence-corrected chi connectivity index (χ1v) is 12.6. The highest BCUT2D eigenvalue weighted by molar-refractivity contribution is 5.80. The molecule has 2 aliphatic heterocycles. The minimum Gasteiger partial charge on any atom is -0.497 e. The topological polar surface area (TPSA) is 102 Å². The maximum atomic E-state index is 13.1. The van der Waals surface area contributed by atoms with E-state index in [9.17, 15) is 9.59 Å². The molecule has 1 aromatic carbocycles. The predicted molar refractivity (Wildman–Crippen MR) is 134 cm³/mol. The van der Waals surface area contributed by atoms with Gasteiger partial charge >= 0.3 is 5.97 Å². The molecule has 10 nitrogen and oxygen atoms in total. The fraction of sp³-hybridized carbons (Fsp3) is 0.500. The zero-order valence-corrected chi connectivity index (χ0v) is 20.8. The van der Waals surface area contributed by atoms with Crippen LogP contribution in [0.4, 0.5) is 5.82 Å². The van der Waals surface area contributed by atoms with Crippen LogP contribution in [0.5, 0.6) is 5.75 Å². The number of hydrogen-bond acceptors (Lipinski definition) is 8. The van der Waals surface area contributed by atoms with E-state index in [1.807, 2.05) is 48.2 Å². The second-order valence-electron chi connectivity index (χ2n) is 9.33. The molecule has 2 saturated heterocycles. The van der Waals surface area contributed by atoms with E-state index in [0.29, 0.717) is 44.0 Å². The van der Waals surface area contributed by atoms with Crippen molar-refractivity contribution in [3.8, 4) is 17.1 Å². The van der Waals surface area contributed by atoms with Gasteiger partial charge in [0.15, 0.2) is 11.5 Å². The van der Waals surface area contributed by atoms with E-state index in [0.717, 1.165) is 43.1 Å². The number of likely N-dealkylation sites (tertiary alicyclic amines) is 1. The van der Waals surface area contributed by atoms with Crippen molar-refractivity contribution in [2.75, 3.05) is 44.8 Å². The Hall–Kier alpha value is -3.69. The number of esters is 1. The van der Waals surface area contributed by atoms with Crippen LogP contribution >= 0.6 is 0 Å². The molecule has 10 heteroatoms. The molecule has 0 spiro atoms. The molecule has 0 N–H and O–H groups in total. The third-order valence-electron chi connectivity index (χ3n) is 7.19. The second-order valence-corrected chi connectivity index (χ2v) is 9.33. The summed E-state index contributed by atoms with van der Waals surface area (Å²) < 4.78 is 12.2. The van der Waals surface area contributed by atoms with E-state index in [2.05, 4.69) is 15.1 Å². The number of rotatable bonds is 6. The molecular formula is C26H32N6O4. The van der Waals surface area contributed by atoms with Gasteiger partial charge < -0.3 is 19.3 Å². The molecule has 0 unspecified atom stereocenters. The lowest BCUT2D eigenvalue weighted by Crippen LogP contribution is -2.46. The fourth-order valence-corrected chi connectivity index (χ4v) is 5.08. The lowest BCUT2D eigenvalue weighted by Gasteiger charge is -2.37. The minimum atomic E-state index is -0.134. The van der Waals surface area contributed by atoms with E-state index in [-0.39, 0.29) is 23.7 Å². The number of aromatic nitrogens is 4. The maximum absolute atomic E-state index is 13.1. The molecule has 0 saturated carbocycles. The number of ether oxygens (including phenoxy) is 2. The third kappa shape index (κ3) is 4.84. The zero-order valence-electron chi connectivity index (χ0n) is 20.8. The molecule has 190 valence electrons. The molecule has 0 bridgehead atoms. The minimum absolute atomic E-state index is 0.00824. The van der Waals surface area contributed by atoms with Gasteiger partial charge in [0.25, 0.3) is 0 Å². The maximum Gasteiger partial charge on any atom is 0.309 e. The second kappa shape index (κ2) is 10.5. The summed E-state index contributed by atoms with van der Waals surface area (Å²) in [5.74, 6) is 2.30.